The predicted molar refractivity (Wildman–Crippen MR) is 77.4 cm³/mol. The van der Waals surface area contributed by atoms with Crippen molar-refractivity contribution in [2.24, 2.45) is 0 Å². The summed E-state index contributed by atoms with van der Waals surface area (Å²) in [4.78, 5) is 11.6. The Morgan fingerprint density at radius 3 is 2.58 bits per heavy atom. The number of carbonyl (C=O) groups is 1. The summed E-state index contributed by atoms with van der Waals surface area (Å²) in [7, 11) is 0. The second-order valence-corrected chi connectivity index (χ2v) is 4.81. The van der Waals surface area contributed by atoms with Crippen LogP contribution in [0.1, 0.15) is 51.9 Å². The molecule has 19 heavy (non-hydrogen) atoms. The van der Waals surface area contributed by atoms with Crippen molar-refractivity contribution < 1.29 is 9.18 Å². The van der Waals surface area contributed by atoms with Crippen molar-refractivity contribution in [3.8, 4) is 0 Å². The van der Waals surface area contributed by atoms with E-state index < -0.39 is 5.82 Å². The van der Waals surface area contributed by atoms with Gasteiger partial charge in [-0.05, 0) is 24.6 Å². The number of unbranched alkanes of at least 4 members (excludes halogenated alkanes) is 5. The van der Waals surface area contributed by atoms with Gasteiger partial charge in [0.2, 0.25) is 5.91 Å². The van der Waals surface area contributed by atoms with E-state index >= 15 is 0 Å². The maximum Gasteiger partial charge on any atom is 0.224 e. The molecule has 0 fully saturated rings. The smallest absolute Gasteiger partial charge is 0.224 e. The first-order chi connectivity index (χ1) is 9.13. The maximum absolute atomic E-state index is 13.4. The van der Waals surface area contributed by atoms with Gasteiger partial charge in [-0.15, -0.1) is 0 Å². The van der Waals surface area contributed by atoms with Crippen molar-refractivity contribution in [3.05, 3.63) is 24.0 Å². The summed E-state index contributed by atoms with van der Waals surface area (Å²) in [6, 6.07) is 4.27. The van der Waals surface area contributed by atoms with E-state index in [0.717, 1.165) is 19.3 Å². The first kappa shape index (κ1) is 15.5. The highest BCUT2D eigenvalue weighted by Crippen LogP contribution is 2.17. The number of nitrogens with one attached hydrogen (secondary N) is 1. The van der Waals surface area contributed by atoms with Crippen LogP contribution < -0.4 is 11.1 Å². The van der Waals surface area contributed by atoms with E-state index in [1.54, 1.807) is 6.07 Å². The van der Waals surface area contributed by atoms with E-state index in [-0.39, 0.29) is 11.6 Å². The average Bonchev–Trinajstić information content (AvgIpc) is 2.37. The highest BCUT2D eigenvalue weighted by molar-refractivity contribution is 5.90. The number of benzene rings is 1. The van der Waals surface area contributed by atoms with Crippen LogP contribution in [0.15, 0.2) is 18.2 Å². The highest BCUT2D eigenvalue weighted by Gasteiger charge is 2.06. The van der Waals surface area contributed by atoms with Gasteiger partial charge < -0.3 is 11.1 Å². The van der Waals surface area contributed by atoms with E-state index in [4.69, 9.17) is 5.73 Å². The average molecular weight is 266 g/mol. The molecular weight excluding hydrogens is 243 g/mol. The number of hydrogen-bond donors (Lipinski definition) is 2. The summed E-state index contributed by atoms with van der Waals surface area (Å²) in [5, 5.41) is 2.57. The van der Waals surface area contributed by atoms with Crippen LogP contribution in [-0.2, 0) is 4.79 Å². The summed E-state index contributed by atoms with van der Waals surface area (Å²) in [6.45, 7) is 2.18. The quantitative estimate of drug-likeness (QED) is 0.550. The number of hydrogen-bond acceptors (Lipinski definition) is 2. The third-order valence-corrected chi connectivity index (χ3v) is 3.02. The first-order valence-corrected chi connectivity index (χ1v) is 6.98. The fraction of sp³-hybridized carbons (Fsp3) is 0.533. The molecule has 0 aliphatic carbocycles. The fourth-order valence-electron chi connectivity index (χ4n) is 1.91. The maximum atomic E-state index is 13.4. The van der Waals surface area contributed by atoms with Crippen LogP contribution in [0.2, 0.25) is 0 Å². The molecule has 1 amide bonds. The van der Waals surface area contributed by atoms with Crippen LogP contribution in [-0.4, -0.2) is 5.91 Å². The number of halogens is 1. The molecule has 1 aromatic carbocycles. The van der Waals surface area contributed by atoms with Crippen molar-refractivity contribution in [2.45, 2.75) is 51.9 Å². The van der Waals surface area contributed by atoms with Crippen molar-refractivity contribution in [3.63, 3.8) is 0 Å². The van der Waals surface area contributed by atoms with Gasteiger partial charge >= 0.3 is 0 Å². The third kappa shape index (κ3) is 6.22. The molecule has 1 rings (SSSR count). The van der Waals surface area contributed by atoms with Gasteiger partial charge in [0.25, 0.3) is 0 Å². The van der Waals surface area contributed by atoms with Gasteiger partial charge in [0.15, 0.2) is 0 Å². The highest BCUT2D eigenvalue weighted by atomic mass is 19.1. The molecule has 0 radical (unpaired) electrons. The van der Waals surface area contributed by atoms with Crippen LogP contribution in [0.3, 0.4) is 0 Å². The molecule has 0 saturated heterocycles. The van der Waals surface area contributed by atoms with Crippen LogP contribution in [0, 0.1) is 5.82 Å². The summed E-state index contributed by atoms with van der Waals surface area (Å²) < 4.78 is 13.4. The van der Waals surface area contributed by atoms with Crippen LogP contribution >= 0.6 is 0 Å². The van der Waals surface area contributed by atoms with E-state index in [9.17, 15) is 9.18 Å². The van der Waals surface area contributed by atoms with Gasteiger partial charge in [0.1, 0.15) is 5.82 Å². The fourth-order valence-corrected chi connectivity index (χ4v) is 1.91. The molecule has 3 nitrogen and oxygen atoms in total. The summed E-state index contributed by atoms with van der Waals surface area (Å²) in [5.41, 5.74) is 6.00. The van der Waals surface area contributed by atoms with Gasteiger partial charge in [-0.25, -0.2) is 4.39 Å². The zero-order valence-corrected chi connectivity index (χ0v) is 11.5. The summed E-state index contributed by atoms with van der Waals surface area (Å²) in [5.74, 6) is -0.629. The lowest BCUT2D eigenvalue weighted by Gasteiger charge is -2.07. The van der Waals surface area contributed by atoms with Gasteiger partial charge in [0, 0.05) is 12.1 Å². The monoisotopic (exact) mass is 266 g/mol. The Labute approximate surface area is 114 Å². The Morgan fingerprint density at radius 2 is 1.89 bits per heavy atom. The number of nitrogens with two attached hydrogens (primary N) is 1. The minimum atomic E-state index is -0.490. The lowest BCUT2D eigenvalue weighted by Crippen LogP contribution is -2.12. The molecule has 0 aliphatic rings. The molecule has 0 saturated carbocycles. The van der Waals surface area contributed by atoms with Crippen molar-refractivity contribution >= 4 is 17.3 Å². The molecule has 1 aromatic rings. The van der Waals surface area contributed by atoms with Gasteiger partial charge in [0.05, 0.1) is 5.69 Å². The summed E-state index contributed by atoms with van der Waals surface area (Å²) in [6.07, 6.45) is 7.21. The Morgan fingerprint density at radius 1 is 1.21 bits per heavy atom. The Kier molecular flexibility index (Phi) is 6.93. The minimum absolute atomic E-state index is 0.140. The Bertz CT molecular complexity index is 407. The van der Waals surface area contributed by atoms with Crippen LogP contribution in [0.25, 0.3) is 0 Å². The third-order valence-electron chi connectivity index (χ3n) is 3.02. The van der Waals surface area contributed by atoms with Crippen LogP contribution in [0.4, 0.5) is 15.8 Å². The molecule has 0 atom stereocenters. The van der Waals surface area contributed by atoms with Crippen LogP contribution in [0.5, 0.6) is 0 Å². The molecular formula is C15H23FN2O. The molecule has 3 N–H and O–H groups in total. The molecule has 0 aliphatic heterocycles. The van der Waals surface area contributed by atoms with Crippen molar-refractivity contribution in [1.29, 1.82) is 0 Å². The van der Waals surface area contributed by atoms with E-state index in [1.807, 2.05) is 0 Å². The van der Waals surface area contributed by atoms with E-state index in [0.29, 0.717) is 12.1 Å². The second-order valence-electron chi connectivity index (χ2n) is 4.81. The normalized spacial score (nSPS) is 10.4. The molecule has 106 valence electrons. The van der Waals surface area contributed by atoms with Gasteiger partial charge in [-0.3, -0.25) is 4.79 Å². The first-order valence-electron chi connectivity index (χ1n) is 6.98. The standard InChI is InChI=1S/C15H23FN2O/c1-2-3-4-5-6-7-8-15(19)18-14-10-9-12(17)11-13(14)16/h9-11H,2-8,17H2,1H3,(H,18,19). The van der Waals surface area contributed by atoms with Gasteiger partial charge in [-0.1, -0.05) is 39.0 Å². The van der Waals surface area contributed by atoms with Gasteiger partial charge in [-0.2, -0.15) is 0 Å². The topological polar surface area (TPSA) is 55.1 Å². The van der Waals surface area contributed by atoms with E-state index in [1.165, 1.54) is 31.4 Å². The molecule has 0 heterocycles. The number of nitrogen functional groups attached to an aromatic ring is 1. The lowest BCUT2D eigenvalue weighted by molar-refractivity contribution is -0.116. The van der Waals surface area contributed by atoms with Crippen molar-refractivity contribution in [1.82, 2.24) is 0 Å². The van der Waals surface area contributed by atoms with E-state index in [2.05, 4.69) is 12.2 Å². The molecule has 0 aromatic heterocycles. The number of anilines is 2. The zero-order chi connectivity index (χ0) is 14.1. The molecule has 0 spiro atoms. The Hall–Kier alpha value is -1.58. The largest absolute Gasteiger partial charge is 0.399 e. The SMILES string of the molecule is CCCCCCCCC(=O)Nc1ccc(N)cc1F. The lowest BCUT2D eigenvalue weighted by atomic mass is 10.1. The number of rotatable bonds is 8. The molecule has 0 bridgehead atoms. The minimum Gasteiger partial charge on any atom is -0.399 e. The van der Waals surface area contributed by atoms with Crippen molar-refractivity contribution in [2.75, 3.05) is 11.1 Å². The molecule has 0 unspecified atom stereocenters. The summed E-state index contributed by atoms with van der Waals surface area (Å²) >= 11 is 0. The predicted octanol–water partition coefficient (Wildman–Crippen LogP) is 4.10. The second kappa shape index (κ2) is 8.51. The Balaban J connectivity index is 2.23. The number of amides is 1. The molecule has 4 heteroatoms. The number of carbonyl (C=O) groups excluding carboxylic acids is 1. The zero-order valence-electron chi connectivity index (χ0n) is 11.5.